The second kappa shape index (κ2) is 33.6. The van der Waals surface area contributed by atoms with E-state index in [2.05, 4.69) is 27.9 Å². The van der Waals surface area contributed by atoms with Gasteiger partial charge in [0.15, 0.2) is 0 Å². The molecule has 3 nitrogen and oxygen atoms in total. The Labute approximate surface area is 247 Å². The summed E-state index contributed by atoms with van der Waals surface area (Å²) in [5.41, 5.74) is 0. The van der Waals surface area contributed by atoms with Gasteiger partial charge in [-0.1, -0.05) is 162 Å². The highest BCUT2D eigenvalue weighted by Crippen LogP contribution is 2.15. The molecule has 39 heavy (non-hydrogen) atoms. The fourth-order valence-corrected chi connectivity index (χ4v) is 5.39. The van der Waals surface area contributed by atoms with E-state index < -0.39 is 5.97 Å². The van der Waals surface area contributed by atoms with Crippen molar-refractivity contribution < 1.29 is 14.4 Å². The minimum Gasteiger partial charge on any atom is -0.550 e. The van der Waals surface area contributed by atoms with Gasteiger partial charge in [-0.3, -0.25) is 0 Å². The fourth-order valence-electron chi connectivity index (χ4n) is 5.39. The molecule has 0 atom stereocenters. The van der Waals surface area contributed by atoms with Gasteiger partial charge in [-0.2, -0.15) is 0 Å². The smallest absolute Gasteiger partial charge is 0.0782 e. The maximum absolute atomic E-state index is 9.76. The van der Waals surface area contributed by atoms with Crippen LogP contribution in [0.2, 0.25) is 0 Å². The maximum Gasteiger partial charge on any atom is 0.0782 e. The first-order valence-corrected chi connectivity index (χ1v) is 17.9. The van der Waals surface area contributed by atoms with Gasteiger partial charge >= 0.3 is 0 Å². The Kier molecular flexibility index (Phi) is 35.0. The predicted molar refractivity (Wildman–Crippen MR) is 173 cm³/mol. The normalized spacial score (nSPS) is 11.4. The van der Waals surface area contributed by atoms with Crippen molar-refractivity contribution in [1.82, 2.24) is 0 Å². The molecule has 0 fully saturated rings. The van der Waals surface area contributed by atoms with Gasteiger partial charge in [-0.15, -0.1) is 0 Å². The maximum atomic E-state index is 9.76. The molecular formula is C36H75NO2. The van der Waals surface area contributed by atoms with E-state index >= 15 is 0 Å². The standard InChI is InChI=1S/C30H64N.C6H12O2/c1-5-7-9-11-13-15-17-19-21-23-25-27-29-31(3,4)30-28-26-24-22-20-18-16-14-12-10-8-6-2;1-2-3-4-5-6(7)8/h5-30H2,1-4H3;2-5H2,1H3,(H,7,8)/q+1;/p-1. The molecule has 0 bridgehead atoms. The summed E-state index contributed by atoms with van der Waals surface area (Å²) < 4.78 is 1.25. The Morgan fingerprint density at radius 2 is 0.641 bits per heavy atom. The average Bonchev–Trinajstić information content (AvgIpc) is 2.90. The molecule has 0 aromatic heterocycles. The summed E-state index contributed by atoms with van der Waals surface area (Å²) in [5.74, 6) is -0.932. The molecule has 0 aliphatic carbocycles. The van der Waals surface area contributed by atoms with Crippen LogP contribution < -0.4 is 5.11 Å². The zero-order valence-corrected chi connectivity index (χ0v) is 28.0. The van der Waals surface area contributed by atoms with Crippen molar-refractivity contribution >= 4 is 5.97 Å². The third kappa shape index (κ3) is 39.6. The zero-order chi connectivity index (χ0) is 29.3. The Balaban J connectivity index is 0. The summed E-state index contributed by atoms with van der Waals surface area (Å²) in [7, 11) is 4.91. The molecule has 0 radical (unpaired) electrons. The molecule has 3 heteroatoms. The van der Waals surface area contributed by atoms with Crippen molar-refractivity contribution in [2.45, 2.75) is 201 Å². The van der Waals surface area contributed by atoms with Crippen LogP contribution in [0.4, 0.5) is 0 Å². The van der Waals surface area contributed by atoms with Crippen LogP contribution in [0.1, 0.15) is 201 Å². The Hall–Kier alpha value is -0.570. The van der Waals surface area contributed by atoms with Gasteiger partial charge in [-0.05, 0) is 38.5 Å². The first kappa shape index (κ1) is 40.6. The molecule has 0 aromatic carbocycles. The largest absolute Gasteiger partial charge is 0.550 e. The van der Waals surface area contributed by atoms with Crippen LogP contribution >= 0.6 is 0 Å². The van der Waals surface area contributed by atoms with Crippen LogP contribution in [0.15, 0.2) is 0 Å². The quantitative estimate of drug-likeness (QED) is 0.0655. The lowest BCUT2D eigenvalue weighted by atomic mass is 10.0. The molecular weight excluding hydrogens is 478 g/mol. The van der Waals surface area contributed by atoms with Crippen molar-refractivity contribution in [1.29, 1.82) is 0 Å². The summed E-state index contributed by atoms with van der Waals surface area (Å²) in [5, 5.41) is 9.76. The second-order valence-corrected chi connectivity index (χ2v) is 13.0. The zero-order valence-electron chi connectivity index (χ0n) is 28.0. The Morgan fingerprint density at radius 3 is 0.897 bits per heavy atom. The lowest BCUT2D eigenvalue weighted by molar-refractivity contribution is -0.890. The van der Waals surface area contributed by atoms with Gasteiger partial charge in [-0.25, -0.2) is 0 Å². The first-order chi connectivity index (χ1) is 18.9. The van der Waals surface area contributed by atoms with Gasteiger partial charge in [0.1, 0.15) is 0 Å². The predicted octanol–water partition coefficient (Wildman–Crippen LogP) is 10.8. The van der Waals surface area contributed by atoms with Crippen LogP contribution in [0.5, 0.6) is 0 Å². The lowest BCUT2D eigenvalue weighted by Gasteiger charge is -2.30. The van der Waals surface area contributed by atoms with E-state index in [0.717, 1.165) is 19.3 Å². The number of carboxylic acids is 1. The van der Waals surface area contributed by atoms with E-state index in [0.29, 0.717) is 0 Å². The number of hydrogen-bond acceptors (Lipinski definition) is 2. The van der Waals surface area contributed by atoms with Crippen molar-refractivity contribution in [3.05, 3.63) is 0 Å². The van der Waals surface area contributed by atoms with E-state index in [4.69, 9.17) is 0 Å². The van der Waals surface area contributed by atoms with E-state index in [1.807, 2.05) is 6.92 Å². The molecule has 0 spiro atoms. The van der Waals surface area contributed by atoms with Gasteiger partial charge in [0.25, 0.3) is 0 Å². The SMILES string of the molecule is CCCCCC(=O)[O-].CCCCCCCCCCCCCC[N+](C)(C)CCCCCCCCCCCCCC. The minimum absolute atomic E-state index is 0.216. The summed E-state index contributed by atoms with van der Waals surface area (Å²) in [6, 6.07) is 0. The van der Waals surface area contributed by atoms with Gasteiger partial charge in [0.2, 0.25) is 0 Å². The van der Waals surface area contributed by atoms with Crippen molar-refractivity contribution in [2.75, 3.05) is 27.2 Å². The molecule has 0 saturated heterocycles. The number of carbonyl (C=O) groups excluding carboxylic acids is 1. The number of nitrogens with zero attached hydrogens (tertiary/aromatic N) is 1. The molecule has 0 N–H and O–H groups in total. The monoisotopic (exact) mass is 554 g/mol. The van der Waals surface area contributed by atoms with Crippen LogP contribution in [-0.4, -0.2) is 37.6 Å². The summed E-state index contributed by atoms with van der Waals surface area (Å²) in [6.45, 7) is 9.42. The highest BCUT2D eigenvalue weighted by Gasteiger charge is 2.13. The number of hydrogen-bond donors (Lipinski definition) is 0. The Morgan fingerprint density at radius 1 is 0.410 bits per heavy atom. The number of quaternary nitrogens is 1. The lowest BCUT2D eigenvalue weighted by Crippen LogP contribution is -2.41. The number of rotatable bonds is 30. The molecule has 0 unspecified atom stereocenters. The summed E-state index contributed by atoms with van der Waals surface area (Å²) >= 11 is 0. The molecule has 0 heterocycles. The van der Waals surface area contributed by atoms with E-state index in [1.165, 1.54) is 172 Å². The fraction of sp³-hybridized carbons (Fsp3) is 0.972. The summed E-state index contributed by atoms with van der Waals surface area (Å²) in [6.07, 6.45) is 38.0. The van der Waals surface area contributed by atoms with Gasteiger partial charge in [0.05, 0.1) is 27.2 Å². The topological polar surface area (TPSA) is 40.1 Å². The van der Waals surface area contributed by atoms with Crippen molar-refractivity contribution in [3.8, 4) is 0 Å². The third-order valence-corrected chi connectivity index (χ3v) is 8.22. The molecule has 0 aliphatic heterocycles. The number of carbonyl (C=O) groups is 1. The van der Waals surface area contributed by atoms with Gasteiger partial charge in [0, 0.05) is 5.97 Å². The molecule has 0 aliphatic rings. The number of carboxylic acid groups (broad SMARTS) is 1. The molecule has 0 rings (SSSR count). The molecule has 0 aromatic rings. The van der Waals surface area contributed by atoms with Gasteiger partial charge < -0.3 is 14.4 Å². The van der Waals surface area contributed by atoms with Crippen molar-refractivity contribution in [2.24, 2.45) is 0 Å². The average molecular weight is 554 g/mol. The number of aliphatic carboxylic acids is 1. The number of unbranched alkanes of at least 4 members (excludes halogenated alkanes) is 24. The molecule has 0 saturated carbocycles. The van der Waals surface area contributed by atoms with Crippen LogP contribution in [-0.2, 0) is 4.79 Å². The van der Waals surface area contributed by atoms with E-state index in [1.54, 1.807) is 0 Å². The molecule has 0 amide bonds. The third-order valence-electron chi connectivity index (χ3n) is 8.22. The van der Waals surface area contributed by atoms with Crippen LogP contribution in [0.25, 0.3) is 0 Å². The Bertz CT molecular complexity index is 433. The summed E-state index contributed by atoms with van der Waals surface area (Å²) in [4.78, 5) is 9.76. The van der Waals surface area contributed by atoms with Crippen LogP contribution in [0.3, 0.4) is 0 Å². The minimum atomic E-state index is -0.932. The van der Waals surface area contributed by atoms with Crippen LogP contribution in [0, 0.1) is 0 Å². The van der Waals surface area contributed by atoms with E-state index in [9.17, 15) is 9.90 Å². The highest BCUT2D eigenvalue weighted by molar-refractivity contribution is 5.63. The highest BCUT2D eigenvalue weighted by atomic mass is 16.4. The first-order valence-electron chi connectivity index (χ1n) is 17.9. The molecule has 236 valence electrons. The van der Waals surface area contributed by atoms with E-state index in [-0.39, 0.29) is 6.42 Å². The van der Waals surface area contributed by atoms with Crippen molar-refractivity contribution in [3.63, 3.8) is 0 Å². The second-order valence-electron chi connectivity index (χ2n) is 13.0.